The number of amides is 1. The first-order valence-electron chi connectivity index (χ1n) is 9.02. The first kappa shape index (κ1) is 19.3. The predicted octanol–water partition coefficient (Wildman–Crippen LogP) is 4.76. The maximum Gasteiger partial charge on any atom is 0.263 e. The minimum Gasteiger partial charge on any atom is -0.380 e. The smallest absolute Gasteiger partial charge is 0.263 e. The van der Waals surface area contributed by atoms with Crippen molar-refractivity contribution in [3.8, 4) is 10.6 Å². The van der Waals surface area contributed by atoms with Gasteiger partial charge in [-0.3, -0.25) is 4.79 Å². The average molecular weight is 381 g/mol. The quantitative estimate of drug-likeness (QED) is 0.643. The highest BCUT2D eigenvalue weighted by Gasteiger charge is 2.16. The van der Waals surface area contributed by atoms with Crippen molar-refractivity contribution in [1.29, 1.82) is 0 Å². The molecule has 27 heavy (non-hydrogen) atoms. The summed E-state index contributed by atoms with van der Waals surface area (Å²) in [5, 5.41) is 3.87. The molecule has 5 heteroatoms. The summed E-state index contributed by atoms with van der Waals surface area (Å²) in [6.07, 6.45) is 1.01. The highest BCUT2D eigenvalue weighted by atomic mass is 32.1. The molecule has 140 valence electrons. The minimum atomic E-state index is -0.0811. The van der Waals surface area contributed by atoms with Crippen LogP contribution in [-0.2, 0) is 24.3 Å². The Balaban J connectivity index is 1.66. The lowest BCUT2D eigenvalue weighted by Gasteiger charge is -2.06. The second-order valence-electron chi connectivity index (χ2n) is 6.42. The van der Waals surface area contributed by atoms with Gasteiger partial charge in [0.25, 0.3) is 5.91 Å². The number of thiazole rings is 1. The predicted molar refractivity (Wildman–Crippen MR) is 110 cm³/mol. The molecule has 0 aliphatic heterocycles. The molecular weight excluding hydrogens is 356 g/mol. The Hall–Kier alpha value is -2.50. The summed E-state index contributed by atoms with van der Waals surface area (Å²) in [5.41, 5.74) is 5.28. The number of hydrogen-bond acceptors (Lipinski definition) is 4. The van der Waals surface area contributed by atoms with E-state index in [0.717, 1.165) is 33.8 Å². The van der Waals surface area contributed by atoms with E-state index < -0.39 is 0 Å². The van der Waals surface area contributed by atoms with Gasteiger partial charge in [-0.15, -0.1) is 11.3 Å². The van der Waals surface area contributed by atoms with Gasteiger partial charge < -0.3 is 10.1 Å². The molecule has 0 bridgehead atoms. The van der Waals surface area contributed by atoms with Gasteiger partial charge in [0.1, 0.15) is 9.88 Å². The Bertz CT molecular complexity index is 899. The molecule has 0 radical (unpaired) electrons. The number of carbonyl (C=O) groups excluding carboxylic acids is 1. The highest BCUT2D eigenvalue weighted by molar-refractivity contribution is 7.17. The van der Waals surface area contributed by atoms with Gasteiger partial charge in [-0.2, -0.15) is 0 Å². The molecule has 0 saturated carbocycles. The molecule has 0 fully saturated rings. The molecule has 3 rings (SSSR count). The van der Waals surface area contributed by atoms with Gasteiger partial charge in [0.2, 0.25) is 0 Å². The first-order valence-corrected chi connectivity index (χ1v) is 9.84. The molecule has 4 nitrogen and oxygen atoms in total. The fourth-order valence-corrected chi connectivity index (χ4v) is 3.78. The summed E-state index contributed by atoms with van der Waals surface area (Å²) in [6, 6.07) is 16.4. The Morgan fingerprint density at radius 3 is 2.30 bits per heavy atom. The van der Waals surface area contributed by atoms with Crippen LogP contribution in [0.3, 0.4) is 0 Å². The van der Waals surface area contributed by atoms with Crippen LogP contribution in [0.15, 0.2) is 48.5 Å². The number of rotatable bonds is 7. The van der Waals surface area contributed by atoms with Crippen molar-refractivity contribution in [3.05, 3.63) is 75.8 Å². The highest BCUT2D eigenvalue weighted by Crippen LogP contribution is 2.28. The number of carbonyl (C=O) groups is 1. The van der Waals surface area contributed by atoms with E-state index in [-0.39, 0.29) is 5.91 Å². The van der Waals surface area contributed by atoms with Crippen LogP contribution in [0.2, 0.25) is 0 Å². The molecule has 0 spiro atoms. The molecule has 0 aliphatic rings. The minimum absolute atomic E-state index is 0.0811. The van der Waals surface area contributed by atoms with Crippen LogP contribution >= 0.6 is 11.3 Å². The summed E-state index contributed by atoms with van der Waals surface area (Å²) in [4.78, 5) is 17.8. The monoisotopic (exact) mass is 380 g/mol. The molecule has 1 amide bonds. The third-order valence-corrected chi connectivity index (χ3v) is 5.60. The van der Waals surface area contributed by atoms with Crippen molar-refractivity contribution in [3.63, 3.8) is 0 Å². The van der Waals surface area contributed by atoms with Gasteiger partial charge in [0.15, 0.2) is 0 Å². The zero-order valence-corrected chi connectivity index (χ0v) is 16.7. The van der Waals surface area contributed by atoms with Crippen molar-refractivity contribution in [2.45, 2.75) is 33.4 Å². The Labute approximate surface area is 164 Å². The van der Waals surface area contributed by atoms with E-state index in [1.165, 1.54) is 16.9 Å². The van der Waals surface area contributed by atoms with E-state index in [2.05, 4.69) is 41.5 Å². The third kappa shape index (κ3) is 4.81. The van der Waals surface area contributed by atoms with Gasteiger partial charge in [0, 0.05) is 19.2 Å². The van der Waals surface area contributed by atoms with E-state index in [1.54, 1.807) is 7.11 Å². The van der Waals surface area contributed by atoms with Crippen LogP contribution < -0.4 is 5.32 Å². The van der Waals surface area contributed by atoms with E-state index in [4.69, 9.17) is 4.74 Å². The summed E-state index contributed by atoms with van der Waals surface area (Å²) in [6.45, 7) is 5.10. The Kier molecular flexibility index (Phi) is 6.37. The second kappa shape index (κ2) is 8.93. The van der Waals surface area contributed by atoms with Crippen molar-refractivity contribution >= 4 is 17.2 Å². The molecule has 0 unspecified atom stereocenters. The number of benzene rings is 2. The van der Waals surface area contributed by atoms with Crippen LogP contribution in [0.4, 0.5) is 0 Å². The fourth-order valence-electron chi connectivity index (χ4n) is 2.80. The number of nitrogens with one attached hydrogen (secondary N) is 1. The van der Waals surface area contributed by atoms with Crippen LogP contribution in [-0.4, -0.2) is 18.0 Å². The van der Waals surface area contributed by atoms with Crippen LogP contribution in [0.5, 0.6) is 0 Å². The maximum atomic E-state index is 12.6. The van der Waals surface area contributed by atoms with Crippen LogP contribution in [0.1, 0.15) is 39.0 Å². The number of nitrogens with zero attached hydrogens (tertiary/aromatic N) is 1. The summed E-state index contributed by atoms with van der Waals surface area (Å²) in [7, 11) is 1.68. The second-order valence-corrected chi connectivity index (χ2v) is 7.42. The number of hydrogen-bond donors (Lipinski definition) is 1. The first-order chi connectivity index (χ1) is 13.1. The van der Waals surface area contributed by atoms with E-state index in [0.29, 0.717) is 18.0 Å². The van der Waals surface area contributed by atoms with Crippen molar-refractivity contribution in [1.82, 2.24) is 10.3 Å². The largest absolute Gasteiger partial charge is 0.380 e. The molecule has 3 aromatic rings. The molecule has 1 N–H and O–H groups in total. The van der Waals surface area contributed by atoms with Crippen LogP contribution in [0.25, 0.3) is 10.6 Å². The van der Waals surface area contributed by atoms with Gasteiger partial charge in [-0.25, -0.2) is 4.98 Å². The zero-order valence-electron chi connectivity index (χ0n) is 15.9. The summed E-state index contributed by atoms with van der Waals surface area (Å²) < 4.78 is 5.11. The third-order valence-electron chi connectivity index (χ3n) is 4.40. The number of aromatic nitrogens is 1. The maximum absolute atomic E-state index is 12.6. The Morgan fingerprint density at radius 2 is 1.67 bits per heavy atom. The topological polar surface area (TPSA) is 51.2 Å². The molecule has 2 aromatic carbocycles. The molecule has 1 aromatic heterocycles. The SMILES string of the molecule is CCc1ccc(-c2nc(C)c(C(=O)NCc3ccc(COC)cc3)s2)cc1. The molecule has 0 aliphatic carbocycles. The van der Waals surface area contributed by atoms with E-state index >= 15 is 0 Å². The van der Waals surface area contributed by atoms with Gasteiger partial charge in [0.05, 0.1) is 12.3 Å². The van der Waals surface area contributed by atoms with Gasteiger partial charge in [-0.1, -0.05) is 55.5 Å². The molecule has 0 atom stereocenters. The average Bonchev–Trinajstić information content (AvgIpc) is 3.09. The van der Waals surface area contributed by atoms with Gasteiger partial charge >= 0.3 is 0 Å². The number of aryl methyl sites for hydroxylation is 2. The standard InChI is InChI=1S/C22H24N2O2S/c1-4-16-9-11-19(12-10-16)22-24-15(2)20(27-22)21(25)23-13-17-5-7-18(8-6-17)14-26-3/h5-12H,4,13-14H2,1-3H3,(H,23,25). The van der Waals surface area contributed by atoms with Crippen LogP contribution in [0, 0.1) is 6.92 Å². The van der Waals surface area contributed by atoms with E-state index in [1.807, 2.05) is 31.2 Å². The number of methoxy groups -OCH3 is 1. The molecule has 0 saturated heterocycles. The zero-order chi connectivity index (χ0) is 19.2. The summed E-state index contributed by atoms with van der Waals surface area (Å²) in [5.74, 6) is -0.0811. The van der Waals surface area contributed by atoms with Crippen molar-refractivity contribution in [2.24, 2.45) is 0 Å². The molecular formula is C22H24N2O2S. The molecule has 1 heterocycles. The lowest BCUT2D eigenvalue weighted by atomic mass is 10.1. The number of ether oxygens (including phenoxy) is 1. The lowest BCUT2D eigenvalue weighted by Crippen LogP contribution is -2.22. The van der Waals surface area contributed by atoms with Gasteiger partial charge in [-0.05, 0) is 30.0 Å². The van der Waals surface area contributed by atoms with Crippen molar-refractivity contribution < 1.29 is 9.53 Å². The lowest BCUT2D eigenvalue weighted by molar-refractivity contribution is 0.0954. The van der Waals surface area contributed by atoms with Crippen molar-refractivity contribution in [2.75, 3.05) is 7.11 Å². The Morgan fingerprint density at radius 1 is 1.04 bits per heavy atom. The summed E-state index contributed by atoms with van der Waals surface area (Å²) >= 11 is 1.44. The fraction of sp³-hybridized carbons (Fsp3) is 0.273. The normalized spacial score (nSPS) is 10.8. The van der Waals surface area contributed by atoms with E-state index in [9.17, 15) is 4.79 Å².